The minimum absolute atomic E-state index is 0.0428. The van der Waals surface area contributed by atoms with Gasteiger partial charge in [-0.1, -0.05) is 13.8 Å². The fourth-order valence-electron chi connectivity index (χ4n) is 0.980. The van der Waals surface area contributed by atoms with E-state index in [0.717, 1.165) is 0 Å². The summed E-state index contributed by atoms with van der Waals surface area (Å²) >= 11 is 0.703. The lowest BCUT2D eigenvalue weighted by atomic mass is 10.0. The van der Waals surface area contributed by atoms with E-state index in [9.17, 15) is 18.0 Å². The number of rotatable bonds is 4. The number of alkyl halides is 3. The molecule has 0 amide bonds. The van der Waals surface area contributed by atoms with Crippen molar-refractivity contribution in [3.8, 4) is 0 Å². The quantitative estimate of drug-likeness (QED) is 0.888. The summed E-state index contributed by atoms with van der Waals surface area (Å²) in [6, 6.07) is 0. The smallest absolute Gasteiger partial charge is 0.422 e. The van der Waals surface area contributed by atoms with Crippen molar-refractivity contribution in [2.45, 2.75) is 38.4 Å². The number of carboxylic acid groups (broad SMARTS) is 1. The molecule has 0 aromatic carbocycles. The molecule has 0 aliphatic heterocycles. The monoisotopic (exact) mass is 283 g/mol. The van der Waals surface area contributed by atoms with Gasteiger partial charge >= 0.3 is 12.1 Å². The van der Waals surface area contributed by atoms with E-state index in [1.165, 1.54) is 0 Å². The number of nitrogens with one attached hydrogen (secondary N) is 1. The lowest BCUT2D eigenvalue weighted by Gasteiger charge is -2.27. The maximum absolute atomic E-state index is 12.7. The number of aliphatic carboxylic acids is 1. The van der Waals surface area contributed by atoms with Crippen LogP contribution in [-0.4, -0.2) is 32.1 Å². The van der Waals surface area contributed by atoms with E-state index in [4.69, 9.17) is 5.11 Å². The molecule has 1 rings (SSSR count). The van der Waals surface area contributed by atoms with Gasteiger partial charge in [-0.3, -0.25) is 0 Å². The number of hydrogen-bond donors (Lipinski definition) is 2. The Morgan fingerprint density at radius 1 is 1.44 bits per heavy atom. The van der Waals surface area contributed by atoms with Crippen molar-refractivity contribution in [2.75, 3.05) is 5.32 Å². The number of carbonyl (C=O) groups is 1. The van der Waals surface area contributed by atoms with Gasteiger partial charge < -0.3 is 10.4 Å². The third-order valence-corrected chi connectivity index (χ3v) is 2.95. The van der Waals surface area contributed by atoms with Crippen LogP contribution in [0.3, 0.4) is 0 Å². The molecule has 0 saturated heterocycles. The molecule has 102 valence electrons. The molecule has 1 unspecified atom stereocenters. The molecule has 1 aromatic rings. The predicted octanol–water partition coefficient (Wildman–Crippen LogP) is 2.48. The molecule has 0 aliphatic rings. The van der Waals surface area contributed by atoms with Crippen LogP contribution in [0.2, 0.25) is 0 Å². The zero-order valence-corrected chi connectivity index (χ0v) is 10.7. The van der Waals surface area contributed by atoms with E-state index in [-0.39, 0.29) is 11.0 Å². The Kier molecular flexibility index (Phi) is 3.84. The standard InChI is InChI=1S/C9H12F3N3O2S/c1-4(2)5-13-7(18-15-5)14-8(3,6(16)17)9(10,11)12/h4H,1-3H3,(H,16,17)(H,13,14,15). The molecule has 0 aliphatic carbocycles. The van der Waals surface area contributed by atoms with Gasteiger partial charge in [0.15, 0.2) is 0 Å². The first-order chi connectivity index (χ1) is 8.08. The second-order valence-electron chi connectivity index (χ2n) is 4.17. The van der Waals surface area contributed by atoms with Crippen LogP contribution in [0, 0.1) is 0 Å². The summed E-state index contributed by atoms with van der Waals surface area (Å²) in [5.74, 6) is -1.69. The maximum Gasteiger partial charge on any atom is 0.422 e. The highest BCUT2D eigenvalue weighted by atomic mass is 32.1. The number of aromatic nitrogens is 2. The van der Waals surface area contributed by atoms with Crippen molar-refractivity contribution in [2.24, 2.45) is 0 Å². The van der Waals surface area contributed by atoms with Gasteiger partial charge in [0.05, 0.1) is 0 Å². The fourth-order valence-corrected chi connectivity index (χ4v) is 1.80. The minimum atomic E-state index is -4.94. The largest absolute Gasteiger partial charge is 0.479 e. The molecule has 1 aromatic heterocycles. The number of anilines is 1. The SMILES string of the molecule is CC(C)c1nsc(NC(C)(C(=O)O)C(F)(F)F)n1. The van der Waals surface area contributed by atoms with Crippen LogP contribution in [0.15, 0.2) is 0 Å². The number of nitrogens with zero attached hydrogens (tertiary/aromatic N) is 2. The van der Waals surface area contributed by atoms with Crippen LogP contribution in [-0.2, 0) is 4.79 Å². The summed E-state index contributed by atoms with van der Waals surface area (Å²) in [6.45, 7) is 4.11. The molecule has 5 nitrogen and oxygen atoms in total. The minimum Gasteiger partial charge on any atom is -0.479 e. The zero-order valence-electron chi connectivity index (χ0n) is 9.87. The van der Waals surface area contributed by atoms with Crippen molar-refractivity contribution in [1.82, 2.24) is 9.36 Å². The summed E-state index contributed by atoms with van der Waals surface area (Å²) in [6.07, 6.45) is -4.94. The Balaban J connectivity index is 3.01. The van der Waals surface area contributed by atoms with E-state index in [1.54, 1.807) is 13.8 Å². The number of hydrogen-bond acceptors (Lipinski definition) is 5. The van der Waals surface area contributed by atoms with Crippen LogP contribution in [0.1, 0.15) is 32.5 Å². The normalized spacial score (nSPS) is 15.5. The van der Waals surface area contributed by atoms with Crippen molar-refractivity contribution in [1.29, 1.82) is 0 Å². The first kappa shape index (κ1) is 14.7. The molecule has 1 atom stereocenters. The Hall–Kier alpha value is -1.38. The van der Waals surface area contributed by atoms with E-state index in [1.807, 2.05) is 5.32 Å². The van der Waals surface area contributed by atoms with Gasteiger partial charge in [0.2, 0.25) is 10.7 Å². The molecule has 2 N–H and O–H groups in total. The van der Waals surface area contributed by atoms with Gasteiger partial charge in [0, 0.05) is 17.5 Å². The van der Waals surface area contributed by atoms with Gasteiger partial charge in [-0.05, 0) is 6.92 Å². The van der Waals surface area contributed by atoms with E-state index >= 15 is 0 Å². The zero-order chi connectivity index (χ0) is 14.1. The Morgan fingerprint density at radius 2 is 2.00 bits per heavy atom. The summed E-state index contributed by atoms with van der Waals surface area (Å²) in [5, 5.41) is 10.4. The molecule has 18 heavy (non-hydrogen) atoms. The van der Waals surface area contributed by atoms with Gasteiger partial charge in [-0.25, -0.2) is 9.78 Å². The predicted molar refractivity (Wildman–Crippen MR) is 59.7 cm³/mol. The lowest BCUT2D eigenvalue weighted by molar-refractivity contribution is -0.192. The van der Waals surface area contributed by atoms with Crippen molar-refractivity contribution in [3.05, 3.63) is 5.82 Å². The summed E-state index contributed by atoms with van der Waals surface area (Å²) in [7, 11) is 0. The topological polar surface area (TPSA) is 75.1 Å². The molecule has 0 fully saturated rings. The van der Waals surface area contributed by atoms with Crippen LogP contribution >= 0.6 is 11.5 Å². The first-order valence-electron chi connectivity index (χ1n) is 5.00. The highest BCUT2D eigenvalue weighted by Gasteiger charge is 2.58. The Bertz CT molecular complexity index is 447. The van der Waals surface area contributed by atoms with Crippen molar-refractivity contribution in [3.63, 3.8) is 0 Å². The highest BCUT2D eigenvalue weighted by molar-refractivity contribution is 7.09. The lowest BCUT2D eigenvalue weighted by Crippen LogP contribution is -2.55. The highest BCUT2D eigenvalue weighted by Crippen LogP contribution is 2.34. The van der Waals surface area contributed by atoms with E-state index in [2.05, 4.69) is 9.36 Å². The second kappa shape index (κ2) is 4.71. The third kappa shape index (κ3) is 2.71. The van der Waals surface area contributed by atoms with Gasteiger partial charge in [0.1, 0.15) is 5.82 Å². The third-order valence-electron chi connectivity index (χ3n) is 2.31. The first-order valence-corrected chi connectivity index (χ1v) is 5.77. The van der Waals surface area contributed by atoms with Crippen LogP contribution < -0.4 is 5.32 Å². The van der Waals surface area contributed by atoms with E-state index < -0.39 is 17.7 Å². The van der Waals surface area contributed by atoms with Crippen LogP contribution in [0.25, 0.3) is 0 Å². The van der Waals surface area contributed by atoms with Gasteiger partial charge in [0.25, 0.3) is 0 Å². The number of carboxylic acids is 1. The van der Waals surface area contributed by atoms with E-state index in [0.29, 0.717) is 24.3 Å². The van der Waals surface area contributed by atoms with Crippen molar-refractivity contribution >= 4 is 22.6 Å². The van der Waals surface area contributed by atoms with Crippen LogP contribution in [0.5, 0.6) is 0 Å². The Labute approximate surface area is 105 Å². The summed E-state index contributed by atoms with van der Waals surface area (Å²) in [5.41, 5.74) is -3.08. The molecule has 0 bridgehead atoms. The molecule has 0 saturated carbocycles. The summed E-state index contributed by atoms with van der Waals surface area (Å²) < 4.78 is 42.0. The van der Waals surface area contributed by atoms with Gasteiger partial charge in [-0.15, -0.1) is 0 Å². The Morgan fingerprint density at radius 3 is 2.33 bits per heavy atom. The molecule has 0 radical (unpaired) electrons. The average Bonchev–Trinajstić information content (AvgIpc) is 2.63. The molecule has 1 heterocycles. The maximum atomic E-state index is 12.7. The summed E-state index contributed by atoms with van der Waals surface area (Å²) in [4.78, 5) is 14.6. The average molecular weight is 283 g/mol. The molecular formula is C9H12F3N3O2S. The molecular weight excluding hydrogens is 271 g/mol. The fraction of sp³-hybridized carbons (Fsp3) is 0.667. The molecule has 0 spiro atoms. The van der Waals surface area contributed by atoms with Crippen LogP contribution in [0.4, 0.5) is 18.3 Å². The second-order valence-corrected chi connectivity index (χ2v) is 4.92. The van der Waals surface area contributed by atoms with Crippen molar-refractivity contribution < 1.29 is 23.1 Å². The molecule has 9 heteroatoms. The number of halogens is 3. The van der Waals surface area contributed by atoms with Gasteiger partial charge in [-0.2, -0.15) is 17.5 Å².